The Kier molecular flexibility index (Phi) is 6.07. The van der Waals surface area contributed by atoms with Gasteiger partial charge in [-0.15, -0.1) is 0 Å². The minimum atomic E-state index is -0.269. The third-order valence-corrected chi connectivity index (χ3v) is 3.43. The van der Waals surface area contributed by atoms with Crippen molar-refractivity contribution in [3.63, 3.8) is 0 Å². The van der Waals surface area contributed by atoms with Gasteiger partial charge in [-0.2, -0.15) is 0 Å². The second-order valence-corrected chi connectivity index (χ2v) is 5.21. The van der Waals surface area contributed by atoms with Gasteiger partial charge in [-0.3, -0.25) is 4.79 Å². The van der Waals surface area contributed by atoms with E-state index >= 15 is 0 Å². The van der Waals surface area contributed by atoms with Gasteiger partial charge >= 0.3 is 0 Å². The number of carbonyl (C=O) groups is 1. The van der Waals surface area contributed by atoms with Crippen LogP contribution in [0, 0.1) is 11.6 Å². The second kappa shape index (κ2) is 8.27. The first kappa shape index (κ1) is 16.1. The quantitative estimate of drug-likeness (QED) is 0.777. The summed E-state index contributed by atoms with van der Waals surface area (Å²) in [6.07, 6.45) is 2.61. The van der Waals surface area contributed by atoms with Gasteiger partial charge in [0.05, 0.1) is 0 Å². The number of rotatable bonds is 7. The zero-order chi connectivity index (χ0) is 15.8. The summed E-state index contributed by atoms with van der Waals surface area (Å²) in [5.74, 6) is -0.518. The van der Waals surface area contributed by atoms with Gasteiger partial charge in [0.1, 0.15) is 11.6 Å². The van der Waals surface area contributed by atoms with Crippen LogP contribution in [0.15, 0.2) is 48.5 Å². The summed E-state index contributed by atoms with van der Waals surface area (Å²) in [6, 6.07) is 12.6. The Morgan fingerprint density at radius 1 is 0.818 bits per heavy atom. The summed E-state index contributed by atoms with van der Waals surface area (Å²) < 4.78 is 25.5. The van der Waals surface area contributed by atoms with Crippen LogP contribution in [0.1, 0.15) is 24.0 Å². The van der Waals surface area contributed by atoms with Crippen molar-refractivity contribution in [2.45, 2.75) is 25.7 Å². The predicted octanol–water partition coefficient (Wildman–Crippen LogP) is 3.65. The van der Waals surface area contributed by atoms with E-state index in [1.807, 2.05) is 0 Å². The SMILES string of the molecule is O=C(CCc1ccc(F)cc1)NCCCc1ccc(F)cc1. The van der Waals surface area contributed by atoms with E-state index in [1.54, 1.807) is 24.3 Å². The summed E-state index contributed by atoms with van der Waals surface area (Å²) >= 11 is 0. The monoisotopic (exact) mass is 303 g/mol. The average molecular weight is 303 g/mol. The third kappa shape index (κ3) is 5.64. The normalized spacial score (nSPS) is 10.5. The molecule has 0 fully saturated rings. The van der Waals surface area contributed by atoms with Gasteiger partial charge in [-0.25, -0.2) is 8.78 Å². The topological polar surface area (TPSA) is 29.1 Å². The Hall–Kier alpha value is -2.23. The molecule has 0 saturated heterocycles. The maximum Gasteiger partial charge on any atom is 0.220 e. The van der Waals surface area contributed by atoms with Crippen LogP contribution in [0.5, 0.6) is 0 Å². The van der Waals surface area contributed by atoms with Crippen LogP contribution in [0.25, 0.3) is 0 Å². The molecule has 0 aliphatic heterocycles. The van der Waals surface area contributed by atoms with Gasteiger partial charge in [0.15, 0.2) is 0 Å². The van der Waals surface area contributed by atoms with E-state index in [1.165, 1.54) is 24.3 Å². The number of nitrogens with one attached hydrogen (secondary N) is 1. The van der Waals surface area contributed by atoms with Gasteiger partial charge in [0.2, 0.25) is 5.91 Å². The summed E-state index contributed by atoms with van der Waals surface area (Å²) in [4.78, 5) is 11.7. The van der Waals surface area contributed by atoms with Gasteiger partial charge in [0, 0.05) is 13.0 Å². The largest absolute Gasteiger partial charge is 0.356 e. The minimum absolute atomic E-state index is 0.0107. The molecule has 0 radical (unpaired) electrons. The second-order valence-electron chi connectivity index (χ2n) is 5.21. The molecule has 0 spiro atoms. The maximum absolute atomic E-state index is 12.8. The van der Waals surface area contributed by atoms with Crippen molar-refractivity contribution >= 4 is 5.91 Å². The molecule has 0 aliphatic carbocycles. The Morgan fingerprint density at radius 3 is 1.86 bits per heavy atom. The number of hydrogen-bond donors (Lipinski definition) is 1. The van der Waals surface area contributed by atoms with Crippen LogP contribution in [-0.2, 0) is 17.6 Å². The fraction of sp³-hybridized carbons (Fsp3) is 0.278. The van der Waals surface area contributed by atoms with Crippen molar-refractivity contribution in [1.82, 2.24) is 5.32 Å². The zero-order valence-corrected chi connectivity index (χ0v) is 12.3. The molecule has 2 rings (SSSR count). The third-order valence-electron chi connectivity index (χ3n) is 3.43. The van der Waals surface area contributed by atoms with Crippen LogP contribution < -0.4 is 5.32 Å². The molecule has 2 nitrogen and oxygen atoms in total. The van der Waals surface area contributed by atoms with Gasteiger partial charge in [-0.1, -0.05) is 24.3 Å². The lowest BCUT2D eigenvalue weighted by atomic mass is 10.1. The molecule has 0 aliphatic rings. The summed E-state index contributed by atoms with van der Waals surface area (Å²) in [7, 11) is 0. The van der Waals surface area contributed by atoms with Crippen molar-refractivity contribution < 1.29 is 13.6 Å². The molecular weight excluding hydrogens is 284 g/mol. The molecule has 116 valence electrons. The average Bonchev–Trinajstić information content (AvgIpc) is 2.53. The lowest BCUT2D eigenvalue weighted by Gasteiger charge is -2.06. The Morgan fingerprint density at radius 2 is 1.32 bits per heavy atom. The van der Waals surface area contributed by atoms with E-state index in [-0.39, 0.29) is 17.5 Å². The van der Waals surface area contributed by atoms with Crippen LogP contribution in [0.3, 0.4) is 0 Å². The number of halogens is 2. The molecular formula is C18H19F2NO. The molecule has 4 heteroatoms. The van der Waals surface area contributed by atoms with E-state index in [4.69, 9.17) is 0 Å². The molecule has 0 heterocycles. The highest BCUT2D eigenvalue weighted by atomic mass is 19.1. The lowest BCUT2D eigenvalue weighted by molar-refractivity contribution is -0.121. The molecule has 0 atom stereocenters. The molecule has 0 unspecified atom stereocenters. The first-order valence-corrected chi connectivity index (χ1v) is 7.39. The Labute approximate surface area is 129 Å². The summed E-state index contributed by atoms with van der Waals surface area (Å²) in [5, 5.41) is 2.86. The summed E-state index contributed by atoms with van der Waals surface area (Å²) in [5.41, 5.74) is 2.00. The van der Waals surface area contributed by atoms with E-state index in [0.29, 0.717) is 19.4 Å². The molecule has 1 N–H and O–H groups in total. The molecule has 1 amide bonds. The van der Waals surface area contributed by atoms with E-state index in [2.05, 4.69) is 5.32 Å². The summed E-state index contributed by atoms with van der Waals surface area (Å²) in [6.45, 7) is 0.597. The Balaban J connectivity index is 1.61. The van der Waals surface area contributed by atoms with Crippen LogP contribution in [-0.4, -0.2) is 12.5 Å². The van der Waals surface area contributed by atoms with Crippen molar-refractivity contribution in [3.05, 3.63) is 71.3 Å². The fourth-order valence-electron chi connectivity index (χ4n) is 2.17. The van der Waals surface area contributed by atoms with E-state index in [0.717, 1.165) is 24.0 Å². The lowest BCUT2D eigenvalue weighted by Crippen LogP contribution is -2.24. The molecule has 0 bridgehead atoms. The highest BCUT2D eigenvalue weighted by Gasteiger charge is 2.02. The predicted molar refractivity (Wildman–Crippen MR) is 82.5 cm³/mol. The molecule has 0 aromatic heterocycles. The first-order chi connectivity index (χ1) is 10.6. The smallest absolute Gasteiger partial charge is 0.220 e. The fourth-order valence-corrected chi connectivity index (χ4v) is 2.17. The number of amides is 1. The molecule has 0 saturated carbocycles. The van der Waals surface area contributed by atoms with E-state index < -0.39 is 0 Å². The van der Waals surface area contributed by atoms with Crippen LogP contribution in [0.2, 0.25) is 0 Å². The maximum atomic E-state index is 12.8. The number of carbonyl (C=O) groups excluding carboxylic acids is 1. The van der Waals surface area contributed by atoms with Gasteiger partial charge in [0.25, 0.3) is 0 Å². The zero-order valence-electron chi connectivity index (χ0n) is 12.3. The van der Waals surface area contributed by atoms with Crippen LogP contribution in [0.4, 0.5) is 8.78 Å². The van der Waals surface area contributed by atoms with Crippen molar-refractivity contribution in [2.75, 3.05) is 6.54 Å². The number of hydrogen-bond acceptors (Lipinski definition) is 1. The highest BCUT2D eigenvalue weighted by Crippen LogP contribution is 2.06. The van der Waals surface area contributed by atoms with Gasteiger partial charge < -0.3 is 5.32 Å². The van der Waals surface area contributed by atoms with Crippen molar-refractivity contribution in [1.29, 1.82) is 0 Å². The minimum Gasteiger partial charge on any atom is -0.356 e. The van der Waals surface area contributed by atoms with E-state index in [9.17, 15) is 13.6 Å². The number of aryl methyl sites for hydroxylation is 2. The van der Waals surface area contributed by atoms with Gasteiger partial charge in [-0.05, 0) is 54.7 Å². The standard InChI is InChI=1S/C18H19F2NO/c19-16-8-3-14(4-9-16)2-1-13-21-18(22)12-7-15-5-10-17(20)11-6-15/h3-6,8-11H,1-2,7,12-13H2,(H,21,22). The highest BCUT2D eigenvalue weighted by molar-refractivity contribution is 5.76. The first-order valence-electron chi connectivity index (χ1n) is 7.39. The molecule has 22 heavy (non-hydrogen) atoms. The Bertz CT molecular complexity index is 593. The molecule has 2 aromatic rings. The van der Waals surface area contributed by atoms with Crippen molar-refractivity contribution in [2.24, 2.45) is 0 Å². The molecule has 2 aromatic carbocycles. The van der Waals surface area contributed by atoms with Crippen molar-refractivity contribution in [3.8, 4) is 0 Å². The van der Waals surface area contributed by atoms with Crippen LogP contribution >= 0.6 is 0 Å². The number of benzene rings is 2.